The third-order valence-electron chi connectivity index (χ3n) is 2.61. The lowest BCUT2D eigenvalue weighted by molar-refractivity contribution is -0.136. The first-order valence-corrected chi connectivity index (χ1v) is 16.1. The molecule has 0 aliphatic carbocycles. The molecule has 0 amide bonds. The average Bonchev–Trinajstić information content (AvgIpc) is 2.29. The number of ether oxygens (including phenoxy) is 1. The lowest BCUT2D eigenvalue weighted by atomic mass is 10.1. The van der Waals surface area contributed by atoms with Gasteiger partial charge >= 0.3 is 15.3 Å². The minimum atomic E-state index is -1.60. The van der Waals surface area contributed by atoms with Crippen molar-refractivity contribution >= 4 is 31.9 Å². The molecule has 0 aromatic rings. The third kappa shape index (κ3) is 12.1. The molecule has 0 heterocycles. The van der Waals surface area contributed by atoms with Gasteiger partial charge in [-0.05, 0) is 58.2 Å². The van der Waals surface area contributed by atoms with Crippen LogP contribution in [0.2, 0.25) is 45.3 Å². The van der Waals surface area contributed by atoms with Crippen molar-refractivity contribution in [1.29, 1.82) is 0 Å². The van der Waals surface area contributed by atoms with Crippen molar-refractivity contribution in [3.63, 3.8) is 0 Å². The van der Waals surface area contributed by atoms with Crippen LogP contribution in [-0.4, -0.2) is 39.0 Å². The van der Waals surface area contributed by atoms with Crippen LogP contribution in [0.1, 0.15) is 19.3 Å². The van der Waals surface area contributed by atoms with Crippen molar-refractivity contribution in [3.05, 3.63) is 12.2 Å². The standard InChI is InChI=1S/C14H32O4Si3/c1-13(14(15)16-2)11-9-10-12-19(17-20(3,4)5)18-21(6,7)8/h19H,1,9-12H2,2-8H3. The zero-order valence-corrected chi connectivity index (χ0v) is 17.9. The number of carbonyl (C=O) groups excluding carboxylic acids is 1. The molecule has 0 spiro atoms. The van der Waals surface area contributed by atoms with E-state index >= 15 is 0 Å². The lowest BCUT2D eigenvalue weighted by Crippen LogP contribution is -2.43. The van der Waals surface area contributed by atoms with E-state index in [-0.39, 0.29) is 5.97 Å². The summed E-state index contributed by atoms with van der Waals surface area (Å²) in [7, 11) is -3.33. The quantitative estimate of drug-likeness (QED) is 0.261. The van der Waals surface area contributed by atoms with Crippen LogP contribution in [-0.2, 0) is 17.8 Å². The molecule has 0 saturated heterocycles. The van der Waals surface area contributed by atoms with Gasteiger partial charge in [-0.25, -0.2) is 4.79 Å². The van der Waals surface area contributed by atoms with Crippen LogP contribution in [0.25, 0.3) is 0 Å². The Morgan fingerprint density at radius 2 is 1.48 bits per heavy atom. The SMILES string of the molecule is C=C(CCCC[SiH](O[Si](C)(C)C)O[Si](C)(C)C)C(=O)OC. The fraction of sp³-hybridized carbons (Fsp3) is 0.786. The number of hydrogen-bond donors (Lipinski definition) is 0. The molecular weight excluding hydrogens is 316 g/mol. The Bertz CT molecular complexity index is 329. The first-order valence-electron chi connectivity index (χ1n) is 7.56. The smallest absolute Gasteiger partial charge is 0.333 e. The van der Waals surface area contributed by atoms with Gasteiger partial charge in [0.15, 0.2) is 16.6 Å². The highest BCUT2D eigenvalue weighted by atomic mass is 28.4. The Kier molecular flexibility index (Phi) is 8.95. The Morgan fingerprint density at radius 3 is 1.86 bits per heavy atom. The number of carbonyl (C=O) groups is 1. The van der Waals surface area contributed by atoms with Gasteiger partial charge in [0.2, 0.25) is 0 Å². The third-order valence-corrected chi connectivity index (χ3v) is 11.3. The van der Waals surface area contributed by atoms with Gasteiger partial charge in [0, 0.05) is 5.57 Å². The average molecular weight is 349 g/mol. The van der Waals surface area contributed by atoms with E-state index in [0.29, 0.717) is 12.0 Å². The Morgan fingerprint density at radius 1 is 1.00 bits per heavy atom. The van der Waals surface area contributed by atoms with Crippen molar-refractivity contribution in [1.82, 2.24) is 0 Å². The van der Waals surface area contributed by atoms with Gasteiger partial charge in [-0.1, -0.05) is 13.0 Å². The van der Waals surface area contributed by atoms with E-state index < -0.39 is 25.9 Å². The summed E-state index contributed by atoms with van der Waals surface area (Å²) in [5.74, 6) is -0.305. The Hall–Kier alpha value is -0.219. The molecule has 0 saturated carbocycles. The van der Waals surface area contributed by atoms with Crippen molar-refractivity contribution in [2.24, 2.45) is 0 Å². The van der Waals surface area contributed by atoms with E-state index in [1.807, 2.05) is 0 Å². The number of unbranched alkanes of at least 4 members (excludes halogenated alkanes) is 1. The lowest BCUT2D eigenvalue weighted by Gasteiger charge is -2.30. The summed E-state index contributed by atoms with van der Waals surface area (Å²) in [6.45, 7) is 17.0. The number of methoxy groups -OCH3 is 1. The molecule has 0 radical (unpaired) electrons. The summed E-state index contributed by atoms with van der Waals surface area (Å²) >= 11 is 0. The summed E-state index contributed by atoms with van der Waals surface area (Å²) in [5.41, 5.74) is 0.549. The van der Waals surface area contributed by atoms with Gasteiger partial charge in [0.05, 0.1) is 7.11 Å². The molecule has 21 heavy (non-hydrogen) atoms. The fourth-order valence-corrected chi connectivity index (χ4v) is 10.3. The highest BCUT2D eigenvalue weighted by Gasteiger charge is 2.28. The van der Waals surface area contributed by atoms with Crippen LogP contribution in [0.15, 0.2) is 12.2 Å². The normalized spacial score (nSPS) is 12.6. The van der Waals surface area contributed by atoms with Crippen molar-refractivity contribution in [2.75, 3.05) is 7.11 Å². The maximum Gasteiger partial charge on any atom is 0.333 e. The van der Waals surface area contributed by atoms with Gasteiger partial charge in [0.1, 0.15) is 0 Å². The summed E-state index contributed by atoms with van der Waals surface area (Å²) in [5, 5.41) is 0. The highest BCUT2D eigenvalue weighted by Crippen LogP contribution is 2.18. The monoisotopic (exact) mass is 348 g/mol. The molecule has 0 N–H and O–H groups in total. The molecule has 0 aromatic heterocycles. The summed E-state index contributed by atoms with van der Waals surface area (Å²) in [6.07, 6.45) is 2.64. The maximum absolute atomic E-state index is 11.3. The predicted octanol–water partition coefficient (Wildman–Crippen LogP) is 3.81. The largest absolute Gasteiger partial charge is 0.466 e. The van der Waals surface area contributed by atoms with Gasteiger partial charge in [-0.15, -0.1) is 0 Å². The summed E-state index contributed by atoms with van der Waals surface area (Å²) in [6, 6.07) is 1.00. The molecule has 0 fully saturated rings. The van der Waals surface area contributed by atoms with Crippen LogP contribution in [0.3, 0.4) is 0 Å². The number of rotatable bonds is 10. The van der Waals surface area contributed by atoms with E-state index in [2.05, 4.69) is 50.6 Å². The molecule has 0 rings (SSSR count). The van der Waals surface area contributed by atoms with Crippen LogP contribution in [0, 0.1) is 0 Å². The molecule has 0 aliphatic heterocycles. The predicted molar refractivity (Wildman–Crippen MR) is 95.8 cm³/mol. The Labute approximate surface area is 134 Å². The molecule has 7 heteroatoms. The van der Waals surface area contributed by atoms with Crippen LogP contribution in [0.4, 0.5) is 0 Å². The van der Waals surface area contributed by atoms with Crippen molar-refractivity contribution in [3.8, 4) is 0 Å². The molecule has 4 nitrogen and oxygen atoms in total. The van der Waals surface area contributed by atoms with Crippen LogP contribution >= 0.6 is 0 Å². The fourth-order valence-electron chi connectivity index (χ4n) is 1.83. The maximum atomic E-state index is 11.3. The summed E-state index contributed by atoms with van der Waals surface area (Å²) in [4.78, 5) is 11.3. The van der Waals surface area contributed by atoms with E-state index in [1.54, 1.807) is 0 Å². The highest BCUT2D eigenvalue weighted by molar-refractivity contribution is 6.81. The zero-order valence-electron chi connectivity index (χ0n) is 14.7. The van der Waals surface area contributed by atoms with Crippen LogP contribution in [0.5, 0.6) is 0 Å². The second-order valence-electron chi connectivity index (χ2n) is 7.23. The Balaban J connectivity index is 4.24. The summed E-state index contributed by atoms with van der Waals surface area (Å²) < 4.78 is 17.2. The zero-order chi connectivity index (χ0) is 16.7. The molecule has 0 unspecified atom stereocenters. The number of esters is 1. The second-order valence-corrected chi connectivity index (χ2v) is 19.0. The van der Waals surface area contributed by atoms with Gasteiger partial charge in [0.25, 0.3) is 0 Å². The molecule has 0 bridgehead atoms. The molecule has 0 atom stereocenters. The first kappa shape index (κ1) is 20.8. The van der Waals surface area contributed by atoms with E-state index in [9.17, 15) is 4.79 Å². The minimum absolute atomic E-state index is 0.305. The van der Waals surface area contributed by atoms with E-state index in [0.717, 1.165) is 18.9 Å². The van der Waals surface area contributed by atoms with Gasteiger partial charge in [-0.2, -0.15) is 0 Å². The van der Waals surface area contributed by atoms with Crippen LogP contribution < -0.4 is 0 Å². The first-order chi connectivity index (χ1) is 9.44. The molecule has 0 aliphatic rings. The van der Waals surface area contributed by atoms with Crippen molar-refractivity contribution in [2.45, 2.75) is 64.6 Å². The minimum Gasteiger partial charge on any atom is -0.466 e. The van der Waals surface area contributed by atoms with Gasteiger partial charge < -0.3 is 13.0 Å². The van der Waals surface area contributed by atoms with Crippen molar-refractivity contribution < 1.29 is 17.8 Å². The second kappa shape index (κ2) is 9.04. The molecule has 124 valence electrons. The molecular formula is C14H32O4Si3. The van der Waals surface area contributed by atoms with Gasteiger partial charge in [-0.3, -0.25) is 0 Å². The molecule has 0 aromatic carbocycles. The van der Waals surface area contributed by atoms with E-state index in [1.165, 1.54) is 7.11 Å². The van der Waals surface area contributed by atoms with E-state index in [4.69, 9.17) is 8.23 Å². The number of hydrogen-bond acceptors (Lipinski definition) is 4. The topological polar surface area (TPSA) is 44.8 Å².